The van der Waals surface area contributed by atoms with Gasteiger partial charge in [0.05, 0.1) is 0 Å². The van der Waals surface area contributed by atoms with E-state index in [1.165, 1.54) is 5.56 Å². The summed E-state index contributed by atoms with van der Waals surface area (Å²) in [5.74, 6) is 0.0558. The van der Waals surface area contributed by atoms with Crippen LogP contribution in [0.3, 0.4) is 0 Å². The van der Waals surface area contributed by atoms with Crippen LogP contribution >= 0.6 is 0 Å². The number of benzene rings is 2. The molecule has 0 fully saturated rings. The summed E-state index contributed by atoms with van der Waals surface area (Å²) in [6.45, 7) is 3.34. The number of aryl methyl sites for hydroxylation is 1. The highest BCUT2D eigenvalue weighted by Gasteiger charge is 2.08. The van der Waals surface area contributed by atoms with Gasteiger partial charge in [0.15, 0.2) is 19.0 Å². The third-order valence-electron chi connectivity index (χ3n) is 3.91. The second-order valence-corrected chi connectivity index (χ2v) is 5.97. The van der Waals surface area contributed by atoms with E-state index >= 15 is 0 Å². The minimum Gasteiger partial charge on any atom is -0.484 e. The molecule has 0 bridgehead atoms. The lowest BCUT2D eigenvalue weighted by Gasteiger charge is -2.10. The van der Waals surface area contributed by atoms with Gasteiger partial charge in [0, 0.05) is 12.0 Å². The zero-order valence-electron chi connectivity index (χ0n) is 16.0. The van der Waals surface area contributed by atoms with E-state index in [0.717, 1.165) is 6.42 Å². The Morgan fingerprint density at radius 3 is 1.64 bits per heavy atom. The number of hydrazine groups is 1. The Balaban J connectivity index is 1.67. The molecule has 0 radical (unpaired) electrons. The molecule has 2 aromatic carbocycles. The van der Waals surface area contributed by atoms with Gasteiger partial charge >= 0.3 is 0 Å². The van der Waals surface area contributed by atoms with Gasteiger partial charge in [-0.1, -0.05) is 26.0 Å². The summed E-state index contributed by atoms with van der Waals surface area (Å²) in [5.41, 5.74) is 6.27. The average Bonchev–Trinajstić information content (AvgIpc) is 2.74. The minimum atomic E-state index is -0.519. The van der Waals surface area contributed by atoms with Crippen molar-refractivity contribution in [3.05, 3.63) is 59.7 Å². The maximum Gasteiger partial charge on any atom is 0.276 e. The van der Waals surface area contributed by atoms with Gasteiger partial charge in [0.1, 0.15) is 11.5 Å². The summed E-state index contributed by atoms with van der Waals surface area (Å²) >= 11 is 0. The van der Waals surface area contributed by atoms with E-state index in [1.54, 1.807) is 43.3 Å². The normalized spacial score (nSPS) is 10.1. The highest BCUT2D eigenvalue weighted by Crippen LogP contribution is 2.13. The molecule has 0 saturated carbocycles. The number of amides is 2. The molecule has 0 unspecified atom stereocenters. The second kappa shape index (κ2) is 10.7. The molecule has 2 N–H and O–H groups in total. The second-order valence-electron chi connectivity index (χ2n) is 5.97. The van der Waals surface area contributed by atoms with Crippen LogP contribution in [0.15, 0.2) is 48.5 Å². The number of carbonyl (C=O) groups is 3. The van der Waals surface area contributed by atoms with Crippen LogP contribution < -0.4 is 20.3 Å². The number of carbonyl (C=O) groups excluding carboxylic acids is 3. The van der Waals surface area contributed by atoms with Gasteiger partial charge in [-0.05, 0) is 48.4 Å². The van der Waals surface area contributed by atoms with Crippen LogP contribution in [0.5, 0.6) is 11.5 Å². The lowest BCUT2D eigenvalue weighted by Crippen LogP contribution is -2.45. The third-order valence-corrected chi connectivity index (χ3v) is 3.91. The summed E-state index contributed by atoms with van der Waals surface area (Å²) < 4.78 is 10.7. The van der Waals surface area contributed by atoms with Crippen molar-refractivity contribution in [2.45, 2.75) is 26.7 Å². The molecule has 0 aliphatic carbocycles. The Hall–Kier alpha value is -3.35. The molecule has 0 aliphatic rings. The average molecular weight is 384 g/mol. The quantitative estimate of drug-likeness (QED) is 0.512. The van der Waals surface area contributed by atoms with Gasteiger partial charge in [-0.15, -0.1) is 0 Å². The highest BCUT2D eigenvalue weighted by atomic mass is 16.5. The number of hydrogen-bond donors (Lipinski definition) is 2. The first-order valence-electron chi connectivity index (χ1n) is 9.07. The summed E-state index contributed by atoms with van der Waals surface area (Å²) in [7, 11) is 0. The maximum absolute atomic E-state index is 11.7. The van der Waals surface area contributed by atoms with Crippen LogP contribution in [-0.4, -0.2) is 30.8 Å². The predicted molar refractivity (Wildman–Crippen MR) is 104 cm³/mol. The van der Waals surface area contributed by atoms with E-state index in [0.29, 0.717) is 23.5 Å². The molecule has 0 spiro atoms. The molecule has 2 amide bonds. The summed E-state index contributed by atoms with van der Waals surface area (Å²) in [4.78, 5) is 35.0. The molecular formula is C21H24N2O5. The van der Waals surface area contributed by atoms with Crippen molar-refractivity contribution in [1.29, 1.82) is 0 Å². The Kier molecular flexibility index (Phi) is 8.02. The van der Waals surface area contributed by atoms with Crippen LogP contribution in [0.4, 0.5) is 0 Å². The zero-order chi connectivity index (χ0) is 20.4. The first-order valence-corrected chi connectivity index (χ1v) is 9.07. The van der Waals surface area contributed by atoms with Crippen molar-refractivity contribution in [3.63, 3.8) is 0 Å². The van der Waals surface area contributed by atoms with E-state index < -0.39 is 11.8 Å². The fourth-order valence-corrected chi connectivity index (χ4v) is 2.27. The van der Waals surface area contributed by atoms with Crippen molar-refractivity contribution in [1.82, 2.24) is 10.9 Å². The maximum atomic E-state index is 11.7. The van der Waals surface area contributed by atoms with Gasteiger partial charge < -0.3 is 9.47 Å². The standard InChI is InChI=1S/C21H24N2O5/c1-3-15-5-9-17(10-6-15)27-13-20(25)22-23-21(26)14-28-18-11-7-16(8-12-18)19(24)4-2/h5-12H,3-4,13-14H2,1-2H3,(H,22,25)(H,23,26). The number of rotatable bonds is 9. The summed E-state index contributed by atoms with van der Waals surface area (Å²) in [6.07, 6.45) is 1.35. The Morgan fingerprint density at radius 1 is 0.750 bits per heavy atom. The van der Waals surface area contributed by atoms with Gasteiger partial charge in [0.25, 0.3) is 11.8 Å². The van der Waals surface area contributed by atoms with Crippen LogP contribution in [-0.2, 0) is 16.0 Å². The molecule has 7 nitrogen and oxygen atoms in total. The molecule has 7 heteroatoms. The molecule has 0 aliphatic heterocycles. The zero-order valence-corrected chi connectivity index (χ0v) is 16.0. The molecule has 0 saturated heterocycles. The van der Waals surface area contributed by atoms with Crippen molar-refractivity contribution in [2.75, 3.05) is 13.2 Å². The molecule has 0 heterocycles. The van der Waals surface area contributed by atoms with E-state index in [4.69, 9.17) is 9.47 Å². The number of nitrogens with one attached hydrogen (secondary N) is 2. The first-order chi connectivity index (χ1) is 13.5. The van der Waals surface area contributed by atoms with Crippen LogP contribution in [0.1, 0.15) is 36.2 Å². The molecule has 2 rings (SSSR count). The number of ketones is 1. The summed E-state index contributed by atoms with van der Waals surface area (Å²) in [6, 6.07) is 14.0. The molecule has 0 aromatic heterocycles. The van der Waals surface area contributed by atoms with Gasteiger partial charge in [-0.2, -0.15) is 0 Å². The fourth-order valence-electron chi connectivity index (χ4n) is 2.27. The van der Waals surface area contributed by atoms with Crippen LogP contribution in [0, 0.1) is 0 Å². The van der Waals surface area contributed by atoms with Gasteiger partial charge in [-0.25, -0.2) is 0 Å². The first kappa shape index (κ1) is 21.0. The Morgan fingerprint density at radius 2 is 1.21 bits per heavy atom. The van der Waals surface area contributed by atoms with E-state index in [-0.39, 0.29) is 19.0 Å². The lowest BCUT2D eigenvalue weighted by atomic mass is 10.1. The highest BCUT2D eigenvalue weighted by molar-refractivity contribution is 5.95. The van der Waals surface area contributed by atoms with Crippen molar-refractivity contribution < 1.29 is 23.9 Å². The van der Waals surface area contributed by atoms with Crippen molar-refractivity contribution in [3.8, 4) is 11.5 Å². The lowest BCUT2D eigenvalue weighted by molar-refractivity contribution is -0.131. The van der Waals surface area contributed by atoms with Crippen LogP contribution in [0.2, 0.25) is 0 Å². The summed E-state index contributed by atoms with van der Waals surface area (Å²) in [5, 5.41) is 0. The third kappa shape index (κ3) is 6.75. The Bertz CT molecular complexity index is 801. The van der Waals surface area contributed by atoms with E-state index in [2.05, 4.69) is 17.8 Å². The largest absolute Gasteiger partial charge is 0.484 e. The van der Waals surface area contributed by atoms with Crippen molar-refractivity contribution in [2.24, 2.45) is 0 Å². The number of ether oxygens (including phenoxy) is 2. The fraction of sp³-hybridized carbons (Fsp3) is 0.286. The van der Waals surface area contributed by atoms with E-state index in [1.807, 2.05) is 12.1 Å². The van der Waals surface area contributed by atoms with Gasteiger partial charge in [-0.3, -0.25) is 25.2 Å². The molecule has 0 atom stereocenters. The smallest absolute Gasteiger partial charge is 0.276 e. The van der Waals surface area contributed by atoms with Gasteiger partial charge in [0.2, 0.25) is 0 Å². The monoisotopic (exact) mass is 384 g/mol. The SMILES string of the molecule is CCC(=O)c1ccc(OCC(=O)NNC(=O)COc2ccc(CC)cc2)cc1. The number of hydrogen-bond acceptors (Lipinski definition) is 5. The topological polar surface area (TPSA) is 93.7 Å². The predicted octanol–water partition coefficient (Wildman–Crippen LogP) is 2.45. The molecule has 2 aromatic rings. The molecule has 148 valence electrons. The molecule has 28 heavy (non-hydrogen) atoms. The minimum absolute atomic E-state index is 0.0375. The van der Waals surface area contributed by atoms with Crippen molar-refractivity contribution >= 4 is 17.6 Å². The van der Waals surface area contributed by atoms with E-state index in [9.17, 15) is 14.4 Å². The Labute approximate surface area is 164 Å². The molecular weight excluding hydrogens is 360 g/mol. The number of Topliss-reactive ketones (excluding diaryl/α,β-unsaturated/α-hetero) is 1. The van der Waals surface area contributed by atoms with Crippen LogP contribution in [0.25, 0.3) is 0 Å².